The van der Waals surface area contributed by atoms with Crippen molar-refractivity contribution in [3.05, 3.63) is 0 Å². The van der Waals surface area contributed by atoms with Crippen LogP contribution in [0.4, 0.5) is 0 Å². The van der Waals surface area contributed by atoms with Gasteiger partial charge in [-0.05, 0) is 45.6 Å². The lowest BCUT2D eigenvalue weighted by atomic mass is 10.1. The molecule has 1 rings (SSSR count). The zero-order valence-corrected chi connectivity index (χ0v) is 9.68. The largest absolute Gasteiger partial charge is 0.330 e. The molecule has 0 radical (unpaired) electrons. The fourth-order valence-electron chi connectivity index (χ4n) is 1.76. The van der Waals surface area contributed by atoms with Crippen LogP contribution in [0.3, 0.4) is 0 Å². The van der Waals surface area contributed by atoms with Crippen molar-refractivity contribution >= 4 is 10.0 Å². The van der Waals surface area contributed by atoms with Crippen molar-refractivity contribution in [3.8, 4) is 0 Å². The predicted molar refractivity (Wildman–Crippen MR) is 57.4 cm³/mol. The summed E-state index contributed by atoms with van der Waals surface area (Å²) in [6, 6.07) is 0.107. The Morgan fingerprint density at radius 3 is 2.50 bits per heavy atom. The third-order valence-electron chi connectivity index (χ3n) is 2.83. The molecular weight excluding hydrogens is 200 g/mol. The molecule has 3 N–H and O–H groups in total. The van der Waals surface area contributed by atoms with Crippen LogP contribution in [0.1, 0.15) is 33.1 Å². The van der Waals surface area contributed by atoms with E-state index in [-0.39, 0.29) is 11.3 Å². The molecule has 14 heavy (non-hydrogen) atoms. The fourth-order valence-corrected chi connectivity index (χ4v) is 2.72. The van der Waals surface area contributed by atoms with Gasteiger partial charge in [-0.3, -0.25) is 0 Å². The summed E-state index contributed by atoms with van der Waals surface area (Å²) in [6.07, 6.45) is 2.86. The van der Waals surface area contributed by atoms with E-state index in [1.54, 1.807) is 13.8 Å². The second kappa shape index (κ2) is 4.59. The van der Waals surface area contributed by atoms with Gasteiger partial charge in [-0.15, -0.1) is 0 Å². The van der Waals surface area contributed by atoms with Gasteiger partial charge in [0.25, 0.3) is 0 Å². The molecule has 1 aliphatic carbocycles. The molecule has 84 valence electrons. The highest BCUT2D eigenvalue weighted by Gasteiger charge is 2.28. The predicted octanol–water partition coefficient (Wildman–Crippen LogP) is 0.442. The zero-order chi connectivity index (χ0) is 10.8. The van der Waals surface area contributed by atoms with Crippen molar-refractivity contribution in [3.63, 3.8) is 0 Å². The van der Waals surface area contributed by atoms with Crippen LogP contribution in [0.25, 0.3) is 0 Å². The first-order valence-electron chi connectivity index (χ1n) is 5.17. The van der Waals surface area contributed by atoms with Crippen molar-refractivity contribution in [2.45, 2.75) is 44.4 Å². The van der Waals surface area contributed by atoms with Crippen LogP contribution >= 0.6 is 0 Å². The van der Waals surface area contributed by atoms with Crippen LogP contribution in [-0.2, 0) is 10.0 Å². The Balaban J connectivity index is 2.47. The van der Waals surface area contributed by atoms with Crippen LogP contribution in [0.2, 0.25) is 0 Å². The minimum absolute atomic E-state index is 0.107. The summed E-state index contributed by atoms with van der Waals surface area (Å²) in [6.45, 7) is 4.05. The van der Waals surface area contributed by atoms with Crippen LogP contribution in [0.15, 0.2) is 0 Å². The van der Waals surface area contributed by atoms with Gasteiger partial charge in [-0.1, -0.05) is 0 Å². The second-order valence-corrected chi connectivity index (χ2v) is 6.59. The molecule has 1 saturated carbocycles. The molecule has 0 unspecified atom stereocenters. The number of nitrogens with two attached hydrogens (primary N) is 1. The summed E-state index contributed by atoms with van der Waals surface area (Å²) in [5, 5.41) is -0.348. The molecule has 0 aliphatic heterocycles. The molecule has 0 amide bonds. The molecule has 0 aromatic heterocycles. The lowest BCUT2D eigenvalue weighted by Crippen LogP contribution is -2.37. The number of nitrogens with one attached hydrogen (secondary N) is 1. The van der Waals surface area contributed by atoms with Crippen LogP contribution < -0.4 is 10.5 Å². The number of hydrogen-bond acceptors (Lipinski definition) is 3. The Kier molecular flexibility index (Phi) is 3.92. The maximum Gasteiger partial charge on any atom is 0.214 e. The highest BCUT2D eigenvalue weighted by molar-refractivity contribution is 7.90. The van der Waals surface area contributed by atoms with E-state index >= 15 is 0 Å². The van der Waals surface area contributed by atoms with Crippen LogP contribution in [0.5, 0.6) is 0 Å². The van der Waals surface area contributed by atoms with E-state index in [1.807, 2.05) is 0 Å². The summed E-state index contributed by atoms with van der Waals surface area (Å²) in [7, 11) is -3.10. The van der Waals surface area contributed by atoms with E-state index in [4.69, 9.17) is 5.73 Å². The molecule has 0 spiro atoms. The van der Waals surface area contributed by atoms with Gasteiger partial charge in [0.1, 0.15) is 0 Å². The van der Waals surface area contributed by atoms with Gasteiger partial charge in [-0.25, -0.2) is 13.1 Å². The molecular formula is C9H20N2O2S. The van der Waals surface area contributed by atoms with E-state index in [2.05, 4.69) is 4.72 Å². The Morgan fingerprint density at radius 1 is 1.43 bits per heavy atom. The fraction of sp³-hybridized carbons (Fsp3) is 1.00. The average Bonchev–Trinajstić information content (AvgIpc) is 2.51. The van der Waals surface area contributed by atoms with E-state index < -0.39 is 10.0 Å². The van der Waals surface area contributed by atoms with E-state index in [9.17, 15) is 8.42 Å². The molecule has 1 fully saturated rings. The molecule has 0 heterocycles. The second-order valence-electron chi connectivity index (χ2n) is 4.32. The summed E-state index contributed by atoms with van der Waals surface area (Å²) in [4.78, 5) is 0. The van der Waals surface area contributed by atoms with Crippen LogP contribution in [-0.4, -0.2) is 26.3 Å². The minimum Gasteiger partial charge on any atom is -0.330 e. The molecule has 0 bridgehead atoms. The molecule has 2 atom stereocenters. The topological polar surface area (TPSA) is 72.2 Å². The Hall–Kier alpha value is -0.130. The summed E-state index contributed by atoms with van der Waals surface area (Å²) in [5.74, 6) is 0.495. The third kappa shape index (κ3) is 2.93. The lowest BCUT2D eigenvalue weighted by Gasteiger charge is -2.15. The number of hydrogen-bond donors (Lipinski definition) is 2. The van der Waals surface area contributed by atoms with Crippen molar-refractivity contribution < 1.29 is 8.42 Å². The van der Waals surface area contributed by atoms with Gasteiger partial charge >= 0.3 is 0 Å². The van der Waals surface area contributed by atoms with E-state index in [1.165, 1.54) is 0 Å². The Morgan fingerprint density at radius 2 is 2.07 bits per heavy atom. The van der Waals surface area contributed by atoms with E-state index in [0.29, 0.717) is 12.5 Å². The normalized spacial score (nSPS) is 28.6. The molecule has 1 aliphatic rings. The van der Waals surface area contributed by atoms with Gasteiger partial charge in [0, 0.05) is 6.04 Å². The smallest absolute Gasteiger partial charge is 0.214 e. The minimum atomic E-state index is -3.10. The highest BCUT2D eigenvalue weighted by atomic mass is 32.2. The maximum atomic E-state index is 11.5. The Labute approximate surface area is 86.3 Å². The van der Waals surface area contributed by atoms with Crippen molar-refractivity contribution in [2.75, 3.05) is 6.54 Å². The molecule has 4 nitrogen and oxygen atoms in total. The summed E-state index contributed by atoms with van der Waals surface area (Å²) >= 11 is 0. The number of rotatable bonds is 4. The molecule has 0 saturated heterocycles. The van der Waals surface area contributed by atoms with Gasteiger partial charge in [0.2, 0.25) is 10.0 Å². The van der Waals surface area contributed by atoms with E-state index in [0.717, 1.165) is 19.3 Å². The maximum absolute atomic E-state index is 11.5. The Bertz CT molecular complexity index is 275. The third-order valence-corrected chi connectivity index (χ3v) is 4.73. The van der Waals surface area contributed by atoms with Gasteiger partial charge in [0.05, 0.1) is 5.25 Å². The monoisotopic (exact) mass is 220 g/mol. The van der Waals surface area contributed by atoms with Gasteiger partial charge in [-0.2, -0.15) is 0 Å². The highest BCUT2D eigenvalue weighted by Crippen LogP contribution is 2.25. The van der Waals surface area contributed by atoms with Gasteiger partial charge < -0.3 is 5.73 Å². The van der Waals surface area contributed by atoms with Crippen molar-refractivity contribution in [1.82, 2.24) is 4.72 Å². The first kappa shape index (κ1) is 11.9. The van der Waals surface area contributed by atoms with Crippen LogP contribution in [0, 0.1) is 5.92 Å². The SMILES string of the molecule is CC(C)S(=O)(=O)N[C@@H]1CC[C@H](CN)C1. The zero-order valence-electron chi connectivity index (χ0n) is 8.86. The summed E-state index contributed by atoms with van der Waals surface area (Å²) in [5.41, 5.74) is 5.54. The quantitative estimate of drug-likeness (QED) is 0.722. The summed E-state index contributed by atoms with van der Waals surface area (Å²) < 4.78 is 25.8. The first-order valence-corrected chi connectivity index (χ1v) is 6.71. The van der Waals surface area contributed by atoms with Crippen molar-refractivity contribution in [1.29, 1.82) is 0 Å². The molecule has 0 aromatic carbocycles. The van der Waals surface area contributed by atoms with Crippen molar-refractivity contribution in [2.24, 2.45) is 11.7 Å². The first-order chi connectivity index (χ1) is 6.45. The average molecular weight is 220 g/mol. The standard InChI is InChI=1S/C9H20N2O2S/c1-7(2)14(12,13)11-9-4-3-8(5-9)6-10/h7-9,11H,3-6,10H2,1-2H3/t8-,9+/m0/s1. The molecule has 5 heteroatoms. The van der Waals surface area contributed by atoms with Gasteiger partial charge in [0.15, 0.2) is 0 Å². The number of sulfonamides is 1. The lowest BCUT2D eigenvalue weighted by molar-refractivity contribution is 0.519. The molecule has 0 aromatic rings.